The third kappa shape index (κ3) is 6.24. The maximum atomic E-state index is 11.9. The predicted molar refractivity (Wildman–Crippen MR) is 136 cm³/mol. The van der Waals surface area contributed by atoms with Gasteiger partial charge in [-0.15, -0.1) is 0 Å². The first-order valence-corrected chi connectivity index (χ1v) is 12.6. The van der Waals surface area contributed by atoms with Gasteiger partial charge in [-0.25, -0.2) is 13.4 Å². The summed E-state index contributed by atoms with van der Waals surface area (Å²) in [7, 11) is -3.34. The molecule has 0 bridgehead atoms. The number of para-hydroxylation sites is 1. The molecule has 0 aliphatic carbocycles. The van der Waals surface area contributed by atoms with E-state index in [4.69, 9.17) is 28.9 Å². The molecule has 8 heteroatoms. The van der Waals surface area contributed by atoms with Crippen molar-refractivity contribution in [3.8, 4) is 11.1 Å². The van der Waals surface area contributed by atoms with E-state index >= 15 is 0 Å². The minimum absolute atomic E-state index is 0.203. The van der Waals surface area contributed by atoms with Crippen LogP contribution in [0, 0.1) is 0 Å². The Balaban J connectivity index is 2.14. The molecular weight excluding hydrogens is 479 g/mol. The highest BCUT2D eigenvalue weighted by molar-refractivity contribution is 7.90. The summed E-state index contributed by atoms with van der Waals surface area (Å²) in [4.78, 5) is 4.87. The number of aliphatic hydroxyl groups is 1. The minimum atomic E-state index is -3.34. The number of halogens is 2. The molecule has 5 nitrogen and oxygen atoms in total. The molecule has 3 rings (SSSR count). The van der Waals surface area contributed by atoms with Crippen molar-refractivity contribution >= 4 is 44.4 Å². The molecule has 33 heavy (non-hydrogen) atoms. The Morgan fingerprint density at radius 1 is 0.970 bits per heavy atom. The summed E-state index contributed by atoms with van der Waals surface area (Å²) in [5.41, 5.74) is 8.02. The van der Waals surface area contributed by atoms with Crippen LogP contribution < -0.4 is 5.73 Å². The summed E-state index contributed by atoms with van der Waals surface area (Å²) in [5, 5.41) is 11.1. The highest BCUT2D eigenvalue weighted by atomic mass is 35.5. The highest BCUT2D eigenvalue weighted by Crippen LogP contribution is 2.31. The molecule has 0 spiro atoms. The van der Waals surface area contributed by atoms with Crippen LogP contribution >= 0.6 is 23.2 Å². The van der Waals surface area contributed by atoms with E-state index in [0.717, 1.165) is 5.56 Å². The molecule has 0 fully saturated rings. The van der Waals surface area contributed by atoms with Gasteiger partial charge in [-0.2, -0.15) is 0 Å². The molecule has 0 saturated heterocycles. The lowest BCUT2D eigenvalue weighted by molar-refractivity contribution is 0.118. The third-order valence-corrected chi connectivity index (χ3v) is 6.68. The smallest absolute Gasteiger partial charge is 0.175 e. The number of rotatable bonds is 6. The molecule has 0 aromatic heterocycles. The van der Waals surface area contributed by atoms with Crippen molar-refractivity contribution in [3.05, 3.63) is 94.1 Å². The van der Waals surface area contributed by atoms with Gasteiger partial charge in [0.1, 0.15) is 0 Å². The van der Waals surface area contributed by atoms with Crippen molar-refractivity contribution in [2.75, 3.05) is 6.26 Å². The summed E-state index contributed by atoms with van der Waals surface area (Å²) >= 11 is 12.9. The van der Waals surface area contributed by atoms with Crippen molar-refractivity contribution in [1.82, 2.24) is 0 Å². The van der Waals surface area contributed by atoms with Crippen LogP contribution in [0.3, 0.4) is 0 Å². The lowest BCUT2D eigenvalue weighted by Crippen LogP contribution is -2.28. The second-order valence-electron chi connectivity index (χ2n) is 8.10. The number of benzene rings is 3. The molecule has 3 aromatic carbocycles. The van der Waals surface area contributed by atoms with E-state index in [2.05, 4.69) is 4.99 Å². The highest BCUT2D eigenvalue weighted by Gasteiger charge is 2.19. The molecule has 0 aliphatic heterocycles. The van der Waals surface area contributed by atoms with Crippen molar-refractivity contribution in [2.45, 2.75) is 24.3 Å². The SMILES string of the molecule is CC(C)(O)/C(N)=C/C(=Nc1ccccc1Cl)c1ccc(-c2cccc(S(C)(=O)=O)c2)cc1Cl. The zero-order valence-corrected chi connectivity index (χ0v) is 20.7. The van der Waals surface area contributed by atoms with Crippen LogP contribution in [0.1, 0.15) is 19.4 Å². The molecule has 0 unspecified atom stereocenters. The van der Waals surface area contributed by atoms with Gasteiger partial charge in [0, 0.05) is 17.5 Å². The molecule has 0 aliphatic rings. The van der Waals surface area contributed by atoms with E-state index in [9.17, 15) is 13.5 Å². The lowest BCUT2D eigenvalue weighted by atomic mass is 9.99. The molecule has 0 amide bonds. The van der Waals surface area contributed by atoms with Crippen LogP contribution in [0.5, 0.6) is 0 Å². The Morgan fingerprint density at radius 2 is 1.64 bits per heavy atom. The maximum absolute atomic E-state index is 11.9. The van der Waals surface area contributed by atoms with E-state index < -0.39 is 15.4 Å². The van der Waals surface area contributed by atoms with Crippen LogP contribution in [0.2, 0.25) is 10.0 Å². The molecule has 0 radical (unpaired) electrons. The average Bonchev–Trinajstić information content (AvgIpc) is 2.73. The second kappa shape index (κ2) is 9.69. The first-order chi connectivity index (χ1) is 15.4. The number of allylic oxidation sites excluding steroid dienone is 1. The first-order valence-electron chi connectivity index (χ1n) is 10.00. The standard InChI is InChI=1S/C25H24Cl2N2O3S/c1-25(2,30)24(28)15-23(29-22-10-5-4-9-20(22)26)19-12-11-17(14-21(19)27)16-7-6-8-18(13-16)33(3,31)32/h4-15,30H,28H2,1-3H3/b24-15-,29-23?. The Labute approximate surface area is 204 Å². The number of hydrogen-bond acceptors (Lipinski definition) is 5. The van der Waals surface area contributed by atoms with Gasteiger partial charge in [0.15, 0.2) is 9.84 Å². The van der Waals surface area contributed by atoms with Crippen molar-refractivity contribution in [3.63, 3.8) is 0 Å². The fraction of sp³-hybridized carbons (Fsp3) is 0.160. The molecule has 172 valence electrons. The van der Waals surface area contributed by atoms with Crippen molar-refractivity contribution in [2.24, 2.45) is 10.7 Å². The zero-order valence-electron chi connectivity index (χ0n) is 18.4. The van der Waals surface area contributed by atoms with Gasteiger partial charge in [-0.05, 0) is 61.4 Å². The number of hydrogen-bond donors (Lipinski definition) is 2. The van der Waals surface area contributed by atoms with Gasteiger partial charge in [0.2, 0.25) is 0 Å². The van der Waals surface area contributed by atoms with Crippen LogP contribution in [-0.4, -0.2) is 31.1 Å². The van der Waals surface area contributed by atoms with Crippen LogP contribution in [0.15, 0.2) is 88.4 Å². The largest absolute Gasteiger partial charge is 0.400 e. The summed E-state index contributed by atoms with van der Waals surface area (Å²) in [6.07, 6.45) is 2.73. The lowest BCUT2D eigenvalue weighted by Gasteiger charge is -2.18. The molecule has 3 aromatic rings. The number of nitrogens with two attached hydrogens (primary N) is 1. The zero-order chi connectivity index (χ0) is 24.4. The predicted octanol–water partition coefficient (Wildman–Crippen LogP) is 5.80. The average molecular weight is 503 g/mol. The fourth-order valence-electron chi connectivity index (χ4n) is 2.98. The van der Waals surface area contributed by atoms with Crippen molar-refractivity contribution in [1.29, 1.82) is 0 Å². The summed E-state index contributed by atoms with van der Waals surface area (Å²) in [5.74, 6) is 0. The number of nitrogens with zero attached hydrogens (tertiary/aromatic N) is 1. The molecule has 3 N–H and O–H groups in total. The Morgan fingerprint density at radius 3 is 2.24 bits per heavy atom. The van der Waals surface area contributed by atoms with Gasteiger partial charge in [-0.1, -0.05) is 59.6 Å². The Kier molecular flexibility index (Phi) is 7.34. The first kappa shape index (κ1) is 25.0. The fourth-order valence-corrected chi connectivity index (χ4v) is 4.10. The summed E-state index contributed by atoms with van der Waals surface area (Å²) in [6.45, 7) is 3.15. The second-order valence-corrected chi connectivity index (χ2v) is 10.9. The maximum Gasteiger partial charge on any atom is 0.175 e. The van der Waals surface area contributed by atoms with Crippen molar-refractivity contribution < 1.29 is 13.5 Å². The molecule has 0 heterocycles. The third-order valence-electron chi connectivity index (χ3n) is 4.93. The van der Waals surface area contributed by atoms with Gasteiger partial charge >= 0.3 is 0 Å². The van der Waals surface area contributed by atoms with E-state index in [1.54, 1.807) is 68.5 Å². The van der Waals surface area contributed by atoms with Crippen LogP contribution in [0.4, 0.5) is 5.69 Å². The normalized spacial score (nSPS) is 13.3. The summed E-state index contributed by atoms with van der Waals surface area (Å²) < 4.78 is 23.8. The Hall–Kier alpha value is -2.64. The topological polar surface area (TPSA) is 92.8 Å². The van der Waals surface area contributed by atoms with E-state index in [1.165, 1.54) is 6.26 Å². The molecular formula is C25H24Cl2N2O3S. The van der Waals surface area contributed by atoms with Gasteiger partial charge in [-0.3, -0.25) is 0 Å². The minimum Gasteiger partial charge on any atom is -0.400 e. The van der Waals surface area contributed by atoms with E-state index in [-0.39, 0.29) is 10.6 Å². The van der Waals surface area contributed by atoms with Crippen LogP contribution in [0.25, 0.3) is 11.1 Å². The van der Waals surface area contributed by atoms with Gasteiger partial charge < -0.3 is 10.8 Å². The van der Waals surface area contributed by atoms with E-state index in [1.807, 2.05) is 18.2 Å². The van der Waals surface area contributed by atoms with E-state index in [0.29, 0.717) is 32.6 Å². The van der Waals surface area contributed by atoms with Gasteiger partial charge in [0.05, 0.1) is 31.9 Å². The van der Waals surface area contributed by atoms with Gasteiger partial charge in [0.25, 0.3) is 0 Å². The Bertz CT molecular complexity index is 1360. The molecule has 0 atom stereocenters. The molecule has 0 saturated carbocycles. The number of aliphatic imine (C=N–C) groups is 1. The number of sulfone groups is 1. The van der Waals surface area contributed by atoms with Crippen LogP contribution in [-0.2, 0) is 9.84 Å². The monoisotopic (exact) mass is 502 g/mol. The summed E-state index contributed by atoms with van der Waals surface area (Å²) in [6, 6.07) is 19.1. The quantitative estimate of drug-likeness (QED) is 0.416.